The van der Waals surface area contributed by atoms with Crippen LogP contribution in [0.25, 0.3) is 0 Å². The monoisotopic (exact) mass is 342 g/mol. The molecule has 1 unspecified atom stereocenters. The summed E-state index contributed by atoms with van der Waals surface area (Å²) in [6, 6.07) is 9.51. The number of nitrogens with one attached hydrogen (secondary N) is 1. The minimum Gasteiger partial charge on any atom is -0.383 e. The quantitative estimate of drug-likeness (QED) is 0.875. The van der Waals surface area contributed by atoms with E-state index in [9.17, 15) is 9.18 Å². The summed E-state index contributed by atoms with van der Waals surface area (Å²) in [6.45, 7) is 3.34. The van der Waals surface area contributed by atoms with Crippen molar-refractivity contribution in [2.45, 2.75) is 19.4 Å². The van der Waals surface area contributed by atoms with Crippen LogP contribution in [-0.4, -0.2) is 35.4 Å². The number of hydrogen-bond donors (Lipinski definition) is 2. The molecule has 1 aliphatic heterocycles. The molecule has 0 radical (unpaired) electrons. The van der Waals surface area contributed by atoms with Gasteiger partial charge in [0.1, 0.15) is 11.6 Å². The summed E-state index contributed by atoms with van der Waals surface area (Å²) < 4.78 is 12.9. The number of nitrogens with two attached hydrogens (primary N) is 1. The number of pyridine rings is 1. The van der Waals surface area contributed by atoms with Crippen molar-refractivity contribution in [1.29, 1.82) is 0 Å². The SMILES string of the molecule is Nc1ncccc1CN1CCCC(CNC(=O)c2ccc(F)cc2)C1. The number of halogens is 1. The van der Waals surface area contributed by atoms with Gasteiger partial charge in [-0.05, 0) is 55.6 Å². The van der Waals surface area contributed by atoms with Crippen molar-refractivity contribution in [2.75, 3.05) is 25.4 Å². The van der Waals surface area contributed by atoms with Gasteiger partial charge >= 0.3 is 0 Å². The molecule has 1 fully saturated rings. The van der Waals surface area contributed by atoms with Gasteiger partial charge in [-0.2, -0.15) is 0 Å². The molecular formula is C19H23FN4O. The smallest absolute Gasteiger partial charge is 0.251 e. The van der Waals surface area contributed by atoms with Gasteiger partial charge in [0.25, 0.3) is 5.91 Å². The highest BCUT2D eigenvalue weighted by Gasteiger charge is 2.21. The van der Waals surface area contributed by atoms with Crippen LogP contribution in [0.5, 0.6) is 0 Å². The number of carbonyl (C=O) groups is 1. The second kappa shape index (κ2) is 8.07. The molecule has 6 heteroatoms. The standard InChI is InChI=1S/C19H23FN4O/c20-17-7-5-15(6-8-17)19(25)23-11-14-3-2-10-24(12-14)13-16-4-1-9-22-18(16)21/h1,4-9,14H,2-3,10-13H2,(H2,21,22)(H,23,25). The topological polar surface area (TPSA) is 71.2 Å². The van der Waals surface area contributed by atoms with Crippen LogP contribution in [0.2, 0.25) is 0 Å². The van der Waals surface area contributed by atoms with Gasteiger partial charge in [0.2, 0.25) is 0 Å². The van der Waals surface area contributed by atoms with E-state index in [1.807, 2.05) is 12.1 Å². The van der Waals surface area contributed by atoms with Gasteiger partial charge in [-0.3, -0.25) is 9.69 Å². The van der Waals surface area contributed by atoms with E-state index in [1.165, 1.54) is 24.3 Å². The molecule has 0 aliphatic carbocycles. The Labute approximate surface area is 147 Å². The number of rotatable bonds is 5. The molecule has 0 saturated carbocycles. The first-order valence-corrected chi connectivity index (χ1v) is 8.57. The van der Waals surface area contributed by atoms with Crippen molar-refractivity contribution in [3.63, 3.8) is 0 Å². The third-order valence-corrected chi connectivity index (χ3v) is 4.58. The molecule has 1 aromatic carbocycles. The van der Waals surface area contributed by atoms with Crippen molar-refractivity contribution in [3.8, 4) is 0 Å². The number of nitrogens with zero attached hydrogens (tertiary/aromatic N) is 2. The average Bonchev–Trinajstić information content (AvgIpc) is 2.63. The van der Waals surface area contributed by atoms with Gasteiger partial charge in [-0.1, -0.05) is 6.07 Å². The second-order valence-corrected chi connectivity index (χ2v) is 6.51. The molecule has 3 N–H and O–H groups in total. The predicted molar refractivity (Wildman–Crippen MR) is 95.4 cm³/mol. The minimum atomic E-state index is -0.339. The van der Waals surface area contributed by atoms with Gasteiger partial charge in [-0.25, -0.2) is 9.37 Å². The zero-order chi connectivity index (χ0) is 17.6. The lowest BCUT2D eigenvalue weighted by Crippen LogP contribution is -2.40. The van der Waals surface area contributed by atoms with E-state index in [2.05, 4.69) is 15.2 Å². The van der Waals surface area contributed by atoms with Crippen LogP contribution in [0, 0.1) is 11.7 Å². The number of piperidine rings is 1. The maximum absolute atomic E-state index is 12.9. The molecular weight excluding hydrogens is 319 g/mol. The number of benzene rings is 1. The third kappa shape index (κ3) is 4.76. The summed E-state index contributed by atoms with van der Waals surface area (Å²) in [7, 11) is 0. The van der Waals surface area contributed by atoms with Gasteiger partial charge in [0.05, 0.1) is 0 Å². The Morgan fingerprint density at radius 1 is 1.32 bits per heavy atom. The normalized spacial score (nSPS) is 18.0. The Bertz CT molecular complexity index is 720. The Kier molecular flexibility index (Phi) is 5.60. The van der Waals surface area contributed by atoms with Crippen molar-refractivity contribution < 1.29 is 9.18 Å². The highest BCUT2D eigenvalue weighted by atomic mass is 19.1. The van der Waals surface area contributed by atoms with Gasteiger partial charge in [0.15, 0.2) is 0 Å². The Balaban J connectivity index is 1.51. The molecule has 5 nitrogen and oxygen atoms in total. The summed E-state index contributed by atoms with van der Waals surface area (Å²) in [5.41, 5.74) is 7.45. The second-order valence-electron chi connectivity index (χ2n) is 6.51. The van der Waals surface area contributed by atoms with Crippen LogP contribution >= 0.6 is 0 Å². The molecule has 0 spiro atoms. The van der Waals surface area contributed by atoms with Crippen LogP contribution in [0.1, 0.15) is 28.8 Å². The minimum absolute atomic E-state index is 0.159. The van der Waals surface area contributed by atoms with Crippen molar-refractivity contribution >= 4 is 11.7 Å². The highest BCUT2D eigenvalue weighted by Crippen LogP contribution is 2.19. The van der Waals surface area contributed by atoms with Crippen LogP contribution < -0.4 is 11.1 Å². The fourth-order valence-electron chi connectivity index (χ4n) is 3.23. The lowest BCUT2D eigenvalue weighted by Gasteiger charge is -2.33. The summed E-state index contributed by atoms with van der Waals surface area (Å²) in [6.07, 6.45) is 3.88. The number of aromatic nitrogens is 1. The molecule has 1 aromatic heterocycles. The molecule has 1 saturated heterocycles. The van der Waals surface area contributed by atoms with E-state index >= 15 is 0 Å². The number of carbonyl (C=O) groups excluding carboxylic acids is 1. The molecule has 1 amide bonds. The van der Waals surface area contributed by atoms with Crippen LogP contribution in [0.15, 0.2) is 42.6 Å². The fraction of sp³-hybridized carbons (Fsp3) is 0.368. The van der Waals surface area contributed by atoms with E-state index in [0.29, 0.717) is 23.8 Å². The lowest BCUT2D eigenvalue weighted by atomic mass is 9.97. The fourth-order valence-corrected chi connectivity index (χ4v) is 3.23. The first-order valence-electron chi connectivity index (χ1n) is 8.57. The Morgan fingerprint density at radius 3 is 2.88 bits per heavy atom. The largest absolute Gasteiger partial charge is 0.383 e. The van der Waals surface area contributed by atoms with Gasteiger partial charge < -0.3 is 11.1 Å². The van der Waals surface area contributed by atoms with Gasteiger partial charge in [-0.15, -0.1) is 0 Å². The summed E-state index contributed by atoms with van der Waals surface area (Å²) in [5.74, 6) is 0.480. The summed E-state index contributed by atoms with van der Waals surface area (Å²) >= 11 is 0. The average molecular weight is 342 g/mol. The first kappa shape index (κ1) is 17.4. The van der Waals surface area contributed by atoms with E-state index < -0.39 is 0 Å². The molecule has 3 rings (SSSR count). The van der Waals surface area contributed by atoms with Crippen molar-refractivity contribution in [2.24, 2.45) is 5.92 Å². The van der Waals surface area contributed by atoms with Crippen molar-refractivity contribution in [3.05, 3.63) is 59.5 Å². The number of amides is 1. The molecule has 0 bridgehead atoms. The summed E-state index contributed by atoms with van der Waals surface area (Å²) in [5, 5.41) is 2.96. The maximum atomic E-state index is 12.9. The molecule has 2 aromatic rings. The third-order valence-electron chi connectivity index (χ3n) is 4.58. The molecule has 1 aliphatic rings. The van der Waals surface area contributed by atoms with Crippen LogP contribution in [-0.2, 0) is 6.54 Å². The molecule has 132 valence electrons. The Hall–Kier alpha value is -2.47. The number of nitrogen functional groups attached to an aromatic ring is 1. The molecule has 2 heterocycles. The van der Waals surface area contributed by atoms with Crippen molar-refractivity contribution in [1.82, 2.24) is 15.2 Å². The predicted octanol–water partition coefficient (Wildman–Crippen LogP) is 2.44. The first-order chi connectivity index (χ1) is 12.1. The summed E-state index contributed by atoms with van der Waals surface area (Å²) in [4.78, 5) is 18.6. The number of hydrogen-bond acceptors (Lipinski definition) is 4. The van der Waals surface area contributed by atoms with E-state index in [1.54, 1.807) is 6.20 Å². The maximum Gasteiger partial charge on any atom is 0.251 e. The number of anilines is 1. The van der Waals surface area contributed by atoms with E-state index in [0.717, 1.165) is 38.0 Å². The van der Waals surface area contributed by atoms with E-state index in [-0.39, 0.29) is 11.7 Å². The van der Waals surface area contributed by atoms with Crippen LogP contribution in [0.4, 0.5) is 10.2 Å². The van der Waals surface area contributed by atoms with Gasteiger partial charge in [0, 0.05) is 37.0 Å². The Morgan fingerprint density at radius 2 is 2.12 bits per heavy atom. The van der Waals surface area contributed by atoms with Crippen LogP contribution in [0.3, 0.4) is 0 Å². The highest BCUT2D eigenvalue weighted by molar-refractivity contribution is 5.94. The molecule has 25 heavy (non-hydrogen) atoms. The number of likely N-dealkylation sites (tertiary alicyclic amines) is 1. The van der Waals surface area contributed by atoms with E-state index in [4.69, 9.17) is 5.73 Å². The molecule has 1 atom stereocenters. The lowest BCUT2D eigenvalue weighted by molar-refractivity contribution is 0.0930. The zero-order valence-corrected chi connectivity index (χ0v) is 14.1. The zero-order valence-electron chi connectivity index (χ0n) is 14.1.